The number of aryl methyl sites for hydroxylation is 2. The molecule has 0 aliphatic rings. The molecule has 3 aromatic carbocycles. The third-order valence-corrected chi connectivity index (χ3v) is 5.78. The first-order valence-electron chi connectivity index (χ1n) is 9.16. The highest BCUT2D eigenvalue weighted by atomic mass is 32.2. The molecule has 156 valence electrons. The molecule has 30 heavy (non-hydrogen) atoms. The van der Waals surface area contributed by atoms with Crippen LogP contribution in [0.2, 0.25) is 0 Å². The summed E-state index contributed by atoms with van der Waals surface area (Å²) in [4.78, 5) is 12.1. The summed E-state index contributed by atoms with van der Waals surface area (Å²) < 4.78 is 54.0. The van der Waals surface area contributed by atoms with Crippen LogP contribution in [0.5, 0.6) is 0 Å². The van der Waals surface area contributed by atoms with E-state index < -0.39 is 27.6 Å². The fourth-order valence-electron chi connectivity index (χ4n) is 2.73. The van der Waals surface area contributed by atoms with E-state index in [9.17, 15) is 22.0 Å². The van der Waals surface area contributed by atoms with Gasteiger partial charge in [0.25, 0.3) is 10.0 Å². The number of anilines is 2. The van der Waals surface area contributed by atoms with Crippen LogP contribution in [0.3, 0.4) is 0 Å². The summed E-state index contributed by atoms with van der Waals surface area (Å²) in [5.74, 6) is -2.00. The van der Waals surface area contributed by atoms with Crippen LogP contribution in [-0.2, 0) is 21.2 Å². The lowest BCUT2D eigenvalue weighted by Gasteiger charge is -2.09. The van der Waals surface area contributed by atoms with E-state index in [1.54, 1.807) is 24.3 Å². The first kappa shape index (κ1) is 21.4. The Kier molecular flexibility index (Phi) is 6.47. The molecule has 0 fully saturated rings. The Labute approximate surface area is 173 Å². The first-order valence-corrected chi connectivity index (χ1v) is 10.6. The highest BCUT2D eigenvalue weighted by molar-refractivity contribution is 7.92. The molecule has 3 rings (SSSR count). The van der Waals surface area contributed by atoms with Crippen LogP contribution in [0.15, 0.2) is 71.6 Å². The van der Waals surface area contributed by atoms with Crippen LogP contribution in [0.25, 0.3) is 0 Å². The van der Waals surface area contributed by atoms with E-state index in [1.807, 2.05) is 19.1 Å². The predicted molar refractivity (Wildman–Crippen MR) is 112 cm³/mol. The van der Waals surface area contributed by atoms with Gasteiger partial charge in [-0.1, -0.05) is 29.8 Å². The van der Waals surface area contributed by atoms with Crippen molar-refractivity contribution in [1.82, 2.24) is 0 Å². The van der Waals surface area contributed by atoms with Crippen LogP contribution < -0.4 is 10.0 Å². The number of hydrogen-bond acceptors (Lipinski definition) is 3. The largest absolute Gasteiger partial charge is 0.324 e. The molecule has 1 amide bonds. The molecule has 8 heteroatoms. The van der Waals surface area contributed by atoms with Crippen molar-refractivity contribution in [3.63, 3.8) is 0 Å². The third kappa shape index (κ3) is 5.64. The zero-order valence-electron chi connectivity index (χ0n) is 16.2. The van der Waals surface area contributed by atoms with E-state index in [4.69, 9.17) is 0 Å². The van der Waals surface area contributed by atoms with Crippen LogP contribution in [-0.4, -0.2) is 14.3 Å². The number of rotatable bonds is 7. The van der Waals surface area contributed by atoms with Crippen LogP contribution in [0.1, 0.15) is 17.5 Å². The summed E-state index contributed by atoms with van der Waals surface area (Å²) in [6, 6.07) is 16.1. The Bertz CT molecular complexity index is 1150. The van der Waals surface area contributed by atoms with Crippen LogP contribution in [0, 0.1) is 18.6 Å². The zero-order chi connectivity index (χ0) is 21.7. The molecule has 0 bridgehead atoms. The minimum atomic E-state index is -3.72. The molecule has 3 aromatic rings. The molecule has 2 N–H and O–H groups in total. The number of carbonyl (C=O) groups excluding carboxylic acids is 1. The van der Waals surface area contributed by atoms with Crippen molar-refractivity contribution in [2.24, 2.45) is 0 Å². The van der Waals surface area contributed by atoms with Gasteiger partial charge in [-0.05, 0) is 55.3 Å². The minimum absolute atomic E-state index is 0.0600. The maximum atomic E-state index is 13.6. The molecule has 0 aliphatic heterocycles. The summed E-state index contributed by atoms with van der Waals surface area (Å²) >= 11 is 0. The number of sulfonamides is 1. The zero-order valence-corrected chi connectivity index (χ0v) is 17.0. The Balaban J connectivity index is 1.58. The number of nitrogens with one attached hydrogen (secondary N) is 2. The van der Waals surface area contributed by atoms with Crippen molar-refractivity contribution in [3.8, 4) is 0 Å². The molecule has 0 spiro atoms. The smallest absolute Gasteiger partial charge is 0.261 e. The monoisotopic (exact) mass is 430 g/mol. The molecule has 0 aliphatic carbocycles. The fraction of sp³-hybridized carbons (Fsp3) is 0.136. The average Bonchev–Trinajstić information content (AvgIpc) is 2.70. The Hall–Kier alpha value is -3.26. The fourth-order valence-corrected chi connectivity index (χ4v) is 3.79. The second-order valence-electron chi connectivity index (χ2n) is 6.79. The Morgan fingerprint density at radius 1 is 0.933 bits per heavy atom. The maximum Gasteiger partial charge on any atom is 0.261 e. The number of amides is 1. The summed E-state index contributed by atoms with van der Waals surface area (Å²) in [5, 5.41) is 2.39. The topological polar surface area (TPSA) is 75.3 Å². The second kappa shape index (κ2) is 9.04. The molecule has 0 radical (unpaired) electrons. The quantitative estimate of drug-likeness (QED) is 0.573. The minimum Gasteiger partial charge on any atom is -0.324 e. The van der Waals surface area contributed by atoms with Crippen molar-refractivity contribution in [1.29, 1.82) is 0 Å². The summed E-state index contributed by atoms with van der Waals surface area (Å²) in [7, 11) is -3.72. The normalized spacial score (nSPS) is 11.2. The van der Waals surface area contributed by atoms with E-state index in [0.717, 1.165) is 23.3 Å². The molecule has 0 unspecified atom stereocenters. The first-order chi connectivity index (χ1) is 14.2. The highest BCUT2D eigenvalue weighted by Gasteiger charge is 2.14. The van der Waals surface area contributed by atoms with E-state index in [0.29, 0.717) is 18.2 Å². The molecule has 0 saturated carbocycles. The van der Waals surface area contributed by atoms with Gasteiger partial charge in [0.1, 0.15) is 11.6 Å². The van der Waals surface area contributed by atoms with E-state index in [-0.39, 0.29) is 17.0 Å². The maximum absolute atomic E-state index is 13.6. The average molecular weight is 430 g/mol. The molecule has 5 nitrogen and oxygen atoms in total. The Morgan fingerprint density at radius 2 is 1.60 bits per heavy atom. The van der Waals surface area contributed by atoms with Crippen LogP contribution >= 0.6 is 0 Å². The van der Waals surface area contributed by atoms with Gasteiger partial charge in [-0.3, -0.25) is 9.52 Å². The number of benzene rings is 3. The molecule has 0 atom stereocenters. The van der Waals surface area contributed by atoms with Gasteiger partial charge in [0, 0.05) is 18.2 Å². The second-order valence-corrected chi connectivity index (χ2v) is 8.47. The molecular formula is C22H20F2N2O3S. The van der Waals surface area contributed by atoms with E-state index in [2.05, 4.69) is 10.0 Å². The van der Waals surface area contributed by atoms with Crippen molar-refractivity contribution in [2.75, 3.05) is 10.0 Å². The third-order valence-electron chi connectivity index (χ3n) is 4.38. The number of hydrogen-bond donors (Lipinski definition) is 2. The molecule has 0 saturated heterocycles. The summed E-state index contributed by atoms with van der Waals surface area (Å²) in [6.45, 7) is 1.91. The summed E-state index contributed by atoms with van der Waals surface area (Å²) in [6.07, 6.45) is 0.394. The Morgan fingerprint density at radius 3 is 2.23 bits per heavy atom. The van der Waals surface area contributed by atoms with Crippen molar-refractivity contribution < 1.29 is 22.0 Å². The van der Waals surface area contributed by atoms with Crippen molar-refractivity contribution in [2.45, 2.75) is 24.7 Å². The number of carbonyl (C=O) groups is 1. The lowest BCUT2D eigenvalue weighted by Crippen LogP contribution is -2.14. The number of halogens is 2. The van der Waals surface area contributed by atoms with E-state index in [1.165, 1.54) is 12.1 Å². The standard InChI is InChI=1S/C22H20F2N2O3S/c1-15-2-8-18(9-3-15)26-30(28,29)19-10-4-16(5-11-19)6-13-22(27)25-21-12-7-17(23)14-20(21)24/h2-5,7-12,14,26H,6,13H2,1H3,(H,25,27). The lowest BCUT2D eigenvalue weighted by molar-refractivity contribution is -0.116. The van der Waals surface area contributed by atoms with Gasteiger partial charge in [0.15, 0.2) is 0 Å². The SMILES string of the molecule is Cc1ccc(NS(=O)(=O)c2ccc(CCC(=O)Nc3ccc(F)cc3F)cc2)cc1. The van der Waals surface area contributed by atoms with Gasteiger partial charge >= 0.3 is 0 Å². The van der Waals surface area contributed by atoms with Gasteiger partial charge in [0.05, 0.1) is 10.6 Å². The lowest BCUT2D eigenvalue weighted by atomic mass is 10.1. The van der Waals surface area contributed by atoms with Gasteiger partial charge in [-0.15, -0.1) is 0 Å². The molecule has 0 aromatic heterocycles. The van der Waals surface area contributed by atoms with Crippen LogP contribution in [0.4, 0.5) is 20.2 Å². The molecule has 0 heterocycles. The predicted octanol–water partition coefficient (Wildman–Crippen LogP) is 4.65. The van der Waals surface area contributed by atoms with Crippen molar-refractivity contribution >= 4 is 27.3 Å². The molecular weight excluding hydrogens is 410 g/mol. The van der Waals surface area contributed by atoms with Gasteiger partial charge < -0.3 is 5.32 Å². The van der Waals surface area contributed by atoms with E-state index >= 15 is 0 Å². The summed E-state index contributed by atoms with van der Waals surface area (Å²) in [5.41, 5.74) is 2.15. The van der Waals surface area contributed by atoms with Gasteiger partial charge in [0.2, 0.25) is 5.91 Å². The highest BCUT2D eigenvalue weighted by Crippen LogP contribution is 2.18. The van der Waals surface area contributed by atoms with Gasteiger partial charge in [-0.2, -0.15) is 0 Å². The van der Waals surface area contributed by atoms with Gasteiger partial charge in [-0.25, -0.2) is 17.2 Å². The van der Waals surface area contributed by atoms with Crippen molar-refractivity contribution in [3.05, 3.63) is 89.5 Å².